The fraction of sp³-hybridized carbons (Fsp3) is 0.733. The van der Waals surface area contributed by atoms with Gasteiger partial charge in [-0.2, -0.15) is 0 Å². The van der Waals surface area contributed by atoms with Crippen molar-refractivity contribution in [1.82, 2.24) is 15.3 Å². The van der Waals surface area contributed by atoms with Crippen LogP contribution in [0.3, 0.4) is 0 Å². The number of imidazole rings is 1. The first-order chi connectivity index (χ1) is 9.34. The van der Waals surface area contributed by atoms with E-state index in [0.29, 0.717) is 5.92 Å². The van der Waals surface area contributed by atoms with Crippen molar-refractivity contribution in [3.05, 3.63) is 18.2 Å². The number of nitrogens with zero attached hydrogens (tertiary/aromatic N) is 1. The summed E-state index contributed by atoms with van der Waals surface area (Å²) >= 11 is 0. The molecule has 2 atom stereocenters. The molecular formula is C15H24ClN3O. The molecule has 1 amide bonds. The van der Waals surface area contributed by atoms with Crippen molar-refractivity contribution in [1.29, 1.82) is 0 Å². The molecule has 0 bridgehead atoms. The molecule has 1 aromatic rings. The quantitative estimate of drug-likeness (QED) is 0.878. The summed E-state index contributed by atoms with van der Waals surface area (Å²) in [5.74, 6) is 1.58. The minimum absolute atomic E-state index is 0. The van der Waals surface area contributed by atoms with Crippen LogP contribution in [0.25, 0.3) is 0 Å². The molecule has 1 heterocycles. The third kappa shape index (κ3) is 3.75. The van der Waals surface area contributed by atoms with Crippen molar-refractivity contribution >= 4 is 18.3 Å². The lowest BCUT2D eigenvalue weighted by Crippen LogP contribution is -2.28. The number of aromatic nitrogens is 2. The van der Waals surface area contributed by atoms with Gasteiger partial charge in [0, 0.05) is 24.6 Å². The van der Waals surface area contributed by atoms with E-state index in [1.54, 1.807) is 6.33 Å². The minimum atomic E-state index is 0. The average Bonchev–Trinajstić information content (AvgIpc) is 3.06. The Hall–Kier alpha value is -1.03. The van der Waals surface area contributed by atoms with E-state index in [0.717, 1.165) is 31.0 Å². The zero-order valence-corrected chi connectivity index (χ0v) is 12.6. The van der Waals surface area contributed by atoms with Gasteiger partial charge < -0.3 is 10.3 Å². The highest BCUT2D eigenvalue weighted by Gasteiger charge is 2.44. The van der Waals surface area contributed by atoms with Gasteiger partial charge in [-0.05, 0) is 18.8 Å². The van der Waals surface area contributed by atoms with Crippen LogP contribution in [-0.2, 0) is 4.79 Å². The Morgan fingerprint density at radius 3 is 2.85 bits per heavy atom. The first-order valence-corrected chi connectivity index (χ1v) is 7.61. The number of halogens is 1. The number of amides is 1. The first kappa shape index (κ1) is 15.4. The van der Waals surface area contributed by atoms with Crippen molar-refractivity contribution < 1.29 is 4.79 Å². The summed E-state index contributed by atoms with van der Waals surface area (Å²) in [6.45, 7) is 0.854. The van der Waals surface area contributed by atoms with E-state index < -0.39 is 0 Å². The number of hydrogen-bond acceptors (Lipinski definition) is 2. The Bertz CT molecular complexity index is 415. The Morgan fingerprint density at radius 2 is 2.15 bits per heavy atom. The van der Waals surface area contributed by atoms with Crippen molar-refractivity contribution in [2.24, 2.45) is 11.8 Å². The van der Waals surface area contributed by atoms with E-state index in [1.807, 2.05) is 6.20 Å². The smallest absolute Gasteiger partial charge is 0.223 e. The third-order valence-electron chi connectivity index (χ3n) is 4.60. The van der Waals surface area contributed by atoms with Gasteiger partial charge in [-0.25, -0.2) is 4.98 Å². The molecule has 5 heteroatoms. The molecule has 0 radical (unpaired) electrons. The van der Waals surface area contributed by atoms with Crippen LogP contribution in [-0.4, -0.2) is 22.4 Å². The molecule has 3 rings (SSSR count). The number of hydrogen-bond donors (Lipinski definition) is 2. The van der Waals surface area contributed by atoms with Crippen molar-refractivity contribution in [3.8, 4) is 0 Å². The normalized spacial score (nSPS) is 25.8. The maximum Gasteiger partial charge on any atom is 0.223 e. The van der Waals surface area contributed by atoms with E-state index in [4.69, 9.17) is 0 Å². The highest BCUT2D eigenvalue weighted by Crippen LogP contribution is 2.46. The van der Waals surface area contributed by atoms with Crippen LogP contribution < -0.4 is 5.32 Å². The van der Waals surface area contributed by atoms with E-state index in [1.165, 1.54) is 32.1 Å². The predicted molar refractivity (Wildman–Crippen MR) is 80.9 cm³/mol. The van der Waals surface area contributed by atoms with Gasteiger partial charge in [-0.3, -0.25) is 4.79 Å². The van der Waals surface area contributed by atoms with E-state index >= 15 is 0 Å². The van der Waals surface area contributed by atoms with Gasteiger partial charge in [0.25, 0.3) is 0 Å². The molecule has 20 heavy (non-hydrogen) atoms. The fourth-order valence-electron chi connectivity index (χ4n) is 3.29. The van der Waals surface area contributed by atoms with Gasteiger partial charge in [0.15, 0.2) is 0 Å². The van der Waals surface area contributed by atoms with Crippen molar-refractivity contribution in [2.45, 2.75) is 50.9 Å². The van der Waals surface area contributed by atoms with Crippen LogP contribution in [0.1, 0.15) is 56.6 Å². The van der Waals surface area contributed by atoms with Gasteiger partial charge in [0.05, 0.1) is 12.0 Å². The fourth-order valence-corrected chi connectivity index (χ4v) is 3.29. The summed E-state index contributed by atoms with van der Waals surface area (Å²) in [7, 11) is 0. The number of nitrogens with one attached hydrogen (secondary N) is 2. The monoisotopic (exact) mass is 297 g/mol. The zero-order chi connectivity index (χ0) is 13.1. The van der Waals surface area contributed by atoms with E-state index in [9.17, 15) is 4.79 Å². The second-order valence-corrected chi connectivity index (χ2v) is 6.03. The lowest BCUT2D eigenvalue weighted by Gasteiger charge is -2.21. The Morgan fingerprint density at radius 1 is 1.35 bits per heavy atom. The van der Waals surface area contributed by atoms with Crippen LogP contribution in [0.4, 0.5) is 0 Å². The maximum atomic E-state index is 12.0. The predicted octanol–water partition coefficient (Wildman–Crippen LogP) is 3.02. The van der Waals surface area contributed by atoms with Gasteiger partial charge in [-0.15, -0.1) is 12.4 Å². The van der Waals surface area contributed by atoms with Gasteiger partial charge >= 0.3 is 0 Å². The molecule has 2 aliphatic rings. The topological polar surface area (TPSA) is 57.8 Å². The van der Waals surface area contributed by atoms with Crippen molar-refractivity contribution in [2.75, 3.05) is 6.54 Å². The van der Waals surface area contributed by atoms with E-state index in [-0.39, 0.29) is 24.2 Å². The highest BCUT2D eigenvalue weighted by atomic mass is 35.5. The van der Waals surface area contributed by atoms with Gasteiger partial charge in [0.1, 0.15) is 0 Å². The van der Waals surface area contributed by atoms with Crippen LogP contribution in [0.15, 0.2) is 12.5 Å². The molecule has 1 aromatic heterocycles. The molecule has 0 saturated heterocycles. The molecule has 2 saturated carbocycles. The molecule has 2 N–H and O–H groups in total. The summed E-state index contributed by atoms with van der Waals surface area (Å²) in [4.78, 5) is 19.2. The standard InChI is InChI=1S/C15H23N3O.ClH/c19-15(13-8-12(13)14-9-16-10-18-14)17-7-6-11-4-2-1-3-5-11;/h9-13H,1-8H2,(H,16,18)(H,17,19);1H/t12-,13+;/m0./s1. The summed E-state index contributed by atoms with van der Waals surface area (Å²) in [6, 6.07) is 0. The average molecular weight is 298 g/mol. The Balaban J connectivity index is 0.00000147. The largest absolute Gasteiger partial charge is 0.356 e. The minimum Gasteiger partial charge on any atom is -0.356 e. The second kappa shape index (κ2) is 7.11. The Labute approximate surface area is 126 Å². The number of aromatic amines is 1. The first-order valence-electron chi connectivity index (χ1n) is 7.61. The highest BCUT2D eigenvalue weighted by molar-refractivity contribution is 5.85. The number of carbonyl (C=O) groups is 1. The summed E-state index contributed by atoms with van der Waals surface area (Å²) < 4.78 is 0. The van der Waals surface area contributed by atoms with E-state index in [2.05, 4.69) is 15.3 Å². The molecule has 112 valence electrons. The summed E-state index contributed by atoms with van der Waals surface area (Å²) in [6.07, 6.45) is 12.6. The maximum absolute atomic E-state index is 12.0. The SMILES string of the molecule is Cl.O=C(NCCC1CCCCC1)[C@@H]1C[C@@H]1c1c[nH]cn1. The molecule has 0 aromatic carbocycles. The number of rotatable bonds is 5. The van der Waals surface area contributed by atoms with Crippen molar-refractivity contribution in [3.63, 3.8) is 0 Å². The molecular weight excluding hydrogens is 274 g/mol. The number of H-pyrrole nitrogens is 1. The van der Waals surface area contributed by atoms with Gasteiger partial charge in [-0.1, -0.05) is 32.1 Å². The third-order valence-corrected chi connectivity index (χ3v) is 4.60. The van der Waals surface area contributed by atoms with Crippen LogP contribution in [0, 0.1) is 11.8 Å². The molecule has 0 unspecified atom stereocenters. The zero-order valence-electron chi connectivity index (χ0n) is 11.8. The second-order valence-electron chi connectivity index (χ2n) is 6.03. The molecule has 2 aliphatic carbocycles. The molecule has 0 spiro atoms. The molecule has 4 nitrogen and oxygen atoms in total. The van der Waals surface area contributed by atoms with Crippen LogP contribution in [0.2, 0.25) is 0 Å². The summed E-state index contributed by atoms with van der Waals surface area (Å²) in [5.41, 5.74) is 1.03. The lowest BCUT2D eigenvalue weighted by atomic mass is 9.87. The number of carbonyl (C=O) groups excluding carboxylic acids is 1. The van der Waals surface area contributed by atoms with Crippen LogP contribution >= 0.6 is 12.4 Å². The Kier molecular flexibility index (Phi) is 5.46. The summed E-state index contributed by atoms with van der Waals surface area (Å²) in [5, 5.41) is 3.11. The lowest BCUT2D eigenvalue weighted by molar-refractivity contribution is -0.122. The molecule has 0 aliphatic heterocycles. The molecule has 2 fully saturated rings. The van der Waals surface area contributed by atoms with Crippen LogP contribution in [0.5, 0.6) is 0 Å². The van der Waals surface area contributed by atoms with Gasteiger partial charge in [0.2, 0.25) is 5.91 Å².